The number of hydrogen-bond acceptors (Lipinski definition) is 4. The lowest BCUT2D eigenvalue weighted by atomic mass is 10.1. The Bertz CT molecular complexity index is 770. The fourth-order valence-electron chi connectivity index (χ4n) is 2.81. The van der Waals surface area contributed by atoms with Gasteiger partial charge in [-0.05, 0) is 31.0 Å². The minimum Gasteiger partial charge on any atom is -0.451 e. The molecular formula is C16H16ClNO4. The molecule has 1 aromatic carbocycles. The number of hydrogen-bond donors (Lipinski definition) is 2. The lowest BCUT2D eigenvalue weighted by Crippen LogP contribution is -2.32. The lowest BCUT2D eigenvalue weighted by molar-refractivity contribution is 0.0890. The Morgan fingerprint density at radius 2 is 2.18 bits per heavy atom. The first-order valence-electron chi connectivity index (χ1n) is 7.24. The Labute approximate surface area is 131 Å². The number of aliphatic hydroxyl groups is 1. The number of nitrogens with one attached hydrogen (secondary N) is 1. The van der Waals surface area contributed by atoms with Crippen LogP contribution in [0.3, 0.4) is 0 Å². The number of halogens is 1. The third-order valence-corrected chi connectivity index (χ3v) is 4.29. The van der Waals surface area contributed by atoms with E-state index in [2.05, 4.69) is 5.32 Å². The number of carbonyl (C=O) groups is 1. The van der Waals surface area contributed by atoms with Crippen molar-refractivity contribution in [2.75, 3.05) is 6.54 Å². The molecule has 1 fully saturated rings. The third-order valence-electron chi connectivity index (χ3n) is 4.06. The molecule has 0 aliphatic heterocycles. The molecule has 2 aromatic rings. The van der Waals surface area contributed by atoms with Crippen LogP contribution in [0, 0.1) is 5.92 Å². The summed E-state index contributed by atoms with van der Waals surface area (Å²) in [7, 11) is 0. The third kappa shape index (κ3) is 3.00. The van der Waals surface area contributed by atoms with Gasteiger partial charge in [0.15, 0.2) is 11.2 Å². The van der Waals surface area contributed by atoms with Crippen molar-refractivity contribution in [2.45, 2.75) is 25.4 Å². The highest BCUT2D eigenvalue weighted by atomic mass is 35.5. The maximum absolute atomic E-state index is 12.1. The van der Waals surface area contributed by atoms with Gasteiger partial charge >= 0.3 is 0 Å². The second kappa shape index (κ2) is 6.10. The zero-order chi connectivity index (χ0) is 15.7. The predicted octanol–water partition coefficient (Wildman–Crippen LogP) is 2.34. The van der Waals surface area contributed by atoms with Crippen molar-refractivity contribution in [3.63, 3.8) is 0 Å². The minimum absolute atomic E-state index is 0.0349. The molecule has 1 aromatic heterocycles. The number of fused-ring (bicyclic) bond motifs is 1. The molecule has 0 bridgehead atoms. The Morgan fingerprint density at radius 3 is 2.91 bits per heavy atom. The van der Waals surface area contributed by atoms with E-state index >= 15 is 0 Å². The van der Waals surface area contributed by atoms with Gasteiger partial charge in [-0.3, -0.25) is 9.59 Å². The molecule has 1 amide bonds. The topological polar surface area (TPSA) is 79.5 Å². The first-order valence-corrected chi connectivity index (χ1v) is 7.62. The fraction of sp³-hybridized carbons (Fsp3) is 0.375. The number of rotatable bonds is 3. The second-order valence-electron chi connectivity index (χ2n) is 5.58. The van der Waals surface area contributed by atoms with Gasteiger partial charge in [-0.25, -0.2) is 0 Å². The average Bonchev–Trinajstić information content (AvgIpc) is 2.90. The van der Waals surface area contributed by atoms with Crippen LogP contribution in [0.4, 0.5) is 0 Å². The molecule has 3 rings (SSSR count). The van der Waals surface area contributed by atoms with Crippen molar-refractivity contribution in [3.05, 3.63) is 45.3 Å². The molecule has 2 N–H and O–H groups in total. The summed E-state index contributed by atoms with van der Waals surface area (Å²) in [5.74, 6) is -0.421. The summed E-state index contributed by atoms with van der Waals surface area (Å²) >= 11 is 5.85. The molecule has 2 atom stereocenters. The summed E-state index contributed by atoms with van der Waals surface area (Å²) in [6.07, 6.45) is 2.26. The van der Waals surface area contributed by atoms with Crippen molar-refractivity contribution in [2.24, 2.45) is 5.92 Å². The minimum atomic E-state index is -0.451. The van der Waals surface area contributed by atoms with Crippen molar-refractivity contribution >= 4 is 28.5 Å². The maximum Gasteiger partial charge on any atom is 0.287 e. The van der Waals surface area contributed by atoms with Crippen LogP contribution in [0.15, 0.2) is 33.5 Å². The summed E-state index contributed by atoms with van der Waals surface area (Å²) in [6, 6.07) is 5.85. The van der Waals surface area contributed by atoms with Gasteiger partial charge in [0.2, 0.25) is 0 Å². The molecule has 22 heavy (non-hydrogen) atoms. The van der Waals surface area contributed by atoms with Gasteiger partial charge in [-0.15, -0.1) is 0 Å². The molecule has 1 aliphatic carbocycles. The normalized spacial score (nSPS) is 21.2. The van der Waals surface area contributed by atoms with Gasteiger partial charge in [0.25, 0.3) is 5.91 Å². The average molecular weight is 322 g/mol. The van der Waals surface area contributed by atoms with E-state index in [1.165, 1.54) is 12.1 Å². The van der Waals surface area contributed by atoms with Crippen molar-refractivity contribution in [3.8, 4) is 0 Å². The molecule has 0 spiro atoms. The van der Waals surface area contributed by atoms with Gasteiger partial charge in [-0.2, -0.15) is 0 Å². The number of carbonyl (C=O) groups excluding carboxylic acids is 1. The standard InChI is InChI=1S/C16H16ClNO4/c17-10-4-5-14-11(6-10)13(20)7-15(22-14)16(21)18-8-9-2-1-3-12(9)19/h4-7,9,12,19H,1-3,8H2,(H,18,21). The lowest BCUT2D eigenvalue weighted by Gasteiger charge is -2.14. The zero-order valence-corrected chi connectivity index (χ0v) is 12.6. The van der Waals surface area contributed by atoms with Crippen LogP contribution < -0.4 is 10.7 Å². The van der Waals surface area contributed by atoms with Crippen molar-refractivity contribution in [1.82, 2.24) is 5.32 Å². The van der Waals surface area contributed by atoms with E-state index in [0.29, 0.717) is 22.5 Å². The molecule has 0 radical (unpaired) electrons. The Balaban J connectivity index is 1.79. The first kappa shape index (κ1) is 15.1. The maximum atomic E-state index is 12.1. The molecule has 0 saturated heterocycles. The van der Waals surface area contributed by atoms with Gasteiger partial charge in [0.1, 0.15) is 5.58 Å². The summed E-state index contributed by atoms with van der Waals surface area (Å²) in [5.41, 5.74) is 0.0118. The monoisotopic (exact) mass is 321 g/mol. The van der Waals surface area contributed by atoms with E-state index in [-0.39, 0.29) is 23.2 Å². The van der Waals surface area contributed by atoms with Crippen molar-refractivity contribution in [1.29, 1.82) is 0 Å². The van der Waals surface area contributed by atoms with E-state index < -0.39 is 5.91 Å². The van der Waals surface area contributed by atoms with Gasteiger partial charge in [0.05, 0.1) is 11.5 Å². The number of amides is 1. The smallest absolute Gasteiger partial charge is 0.287 e. The molecule has 5 nitrogen and oxygen atoms in total. The second-order valence-corrected chi connectivity index (χ2v) is 6.02. The zero-order valence-electron chi connectivity index (χ0n) is 11.8. The van der Waals surface area contributed by atoms with Gasteiger partial charge in [0, 0.05) is 23.6 Å². The Hall–Kier alpha value is -1.85. The highest BCUT2D eigenvalue weighted by Gasteiger charge is 2.25. The molecule has 2 unspecified atom stereocenters. The molecule has 1 saturated carbocycles. The van der Waals surface area contributed by atoms with E-state index in [0.717, 1.165) is 19.3 Å². The quantitative estimate of drug-likeness (QED) is 0.909. The summed E-state index contributed by atoms with van der Waals surface area (Å²) in [4.78, 5) is 24.1. The molecule has 116 valence electrons. The number of aliphatic hydroxyl groups excluding tert-OH is 1. The van der Waals surface area contributed by atoms with E-state index in [1.807, 2.05) is 0 Å². The van der Waals surface area contributed by atoms with E-state index in [9.17, 15) is 14.7 Å². The number of benzene rings is 1. The first-order chi connectivity index (χ1) is 10.5. The van der Waals surface area contributed by atoms with Crippen LogP contribution in [0.2, 0.25) is 5.02 Å². The van der Waals surface area contributed by atoms with Crippen LogP contribution in [0.5, 0.6) is 0 Å². The molecule has 1 aliphatic rings. The largest absolute Gasteiger partial charge is 0.451 e. The highest BCUT2D eigenvalue weighted by Crippen LogP contribution is 2.24. The predicted molar refractivity (Wildman–Crippen MR) is 83.2 cm³/mol. The van der Waals surface area contributed by atoms with Crippen molar-refractivity contribution < 1.29 is 14.3 Å². The molecule has 1 heterocycles. The fourth-order valence-corrected chi connectivity index (χ4v) is 2.98. The van der Waals surface area contributed by atoms with Crippen LogP contribution in [0.25, 0.3) is 11.0 Å². The molecular weight excluding hydrogens is 306 g/mol. The van der Waals surface area contributed by atoms with E-state index in [4.69, 9.17) is 16.0 Å². The summed E-state index contributed by atoms with van der Waals surface area (Å²) in [5, 5.41) is 13.2. The van der Waals surface area contributed by atoms with Crippen LogP contribution in [-0.4, -0.2) is 23.7 Å². The molecule has 6 heteroatoms. The Morgan fingerprint density at radius 1 is 1.36 bits per heavy atom. The summed E-state index contributed by atoms with van der Waals surface area (Å²) in [6.45, 7) is 0.377. The highest BCUT2D eigenvalue weighted by molar-refractivity contribution is 6.31. The van der Waals surface area contributed by atoms with E-state index in [1.54, 1.807) is 12.1 Å². The van der Waals surface area contributed by atoms with Gasteiger partial charge < -0.3 is 14.8 Å². The van der Waals surface area contributed by atoms with Gasteiger partial charge in [-0.1, -0.05) is 18.0 Å². The van der Waals surface area contributed by atoms with Crippen LogP contribution >= 0.6 is 11.6 Å². The Kier molecular flexibility index (Phi) is 4.18. The summed E-state index contributed by atoms with van der Waals surface area (Å²) < 4.78 is 5.47. The van der Waals surface area contributed by atoms with Crippen LogP contribution in [-0.2, 0) is 0 Å². The van der Waals surface area contributed by atoms with Crippen LogP contribution in [0.1, 0.15) is 29.8 Å². The SMILES string of the molecule is O=C(NCC1CCCC1O)c1cc(=O)c2cc(Cl)ccc2o1.